The molecule has 2 aliphatic heterocycles. The number of hydrogen-bond acceptors (Lipinski definition) is 13. The summed E-state index contributed by atoms with van der Waals surface area (Å²) < 4.78 is 17.6. The van der Waals surface area contributed by atoms with E-state index >= 15 is 4.39 Å². The Morgan fingerprint density at radius 2 is 1.64 bits per heavy atom. The van der Waals surface area contributed by atoms with Gasteiger partial charge >= 0.3 is 0 Å². The van der Waals surface area contributed by atoms with Gasteiger partial charge in [0.05, 0.1) is 64.2 Å². The largest absolute Gasteiger partial charge is 0.391 e. The molecule has 0 unspecified atom stereocenters. The molecular weight excluding hydrogens is 1010 g/mol. The number of aromatic nitrogens is 6. The van der Waals surface area contributed by atoms with Gasteiger partial charge < -0.3 is 36.2 Å². The van der Waals surface area contributed by atoms with E-state index in [0.717, 1.165) is 83.6 Å². The summed E-state index contributed by atoms with van der Waals surface area (Å²) in [6.07, 6.45) is 13.9. The fourth-order valence-electron chi connectivity index (χ4n) is 10.3. The van der Waals surface area contributed by atoms with E-state index in [0.29, 0.717) is 56.5 Å². The van der Waals surface area contributed by atoms with Crippen LogP contribution in [0.1, 0.15) is 131 Å². The number of thiazole rings is 1. The number of aliphatic hydroxyl groups is 1. The van der Waals surface area contributed by atoms with Crippen LogP contribution < -0.4 is 21.3 Å². The van der Waals surface area contributed by atoms with Gasteiger partial charge in [-0.15, -0.1) is 11.3 Å². The minimum absolute atomic E-state index is 0.00534. The number of likely N-dealkylation sites (tertiary alicyclic amines) is 1. The maximum atomic E-state index is 15.7. The number of halogens is 1. The number of unbranched alkanes of at least 4 members (excludes halogenated alkanes) is 5. The Balaban J connectivity index is 0.641. The maximum absolute atomic E-state index is 15.7. The number of nitrogens with one attached hydrogen (secondary N) is 5. The van der Waals surface area contributed by atoms with Gasteiger partial charge in [-0.25, -0.2) is 19.3 Å². The molecule has 6 heterocycles. The van der Waals surface area contributed by atoms with E-state index in [1.807, 2.05) is 79.9 Å². The molecule has 0 bridgehead atoms. The van der Waals surface area contributed by atoms with Crippen LogP contribution in [0.15, 0.2) is 72.8 Å². The monoisotopic (exact) mass is 1090 g/mol. The number of carbonyl (C=O) groups is 5. The molecule has 21 heteroatoms. The lowest BCUT2D eigenvalue weighted by molar-refractivity contribution is -0.144. The number of piperazine rings is 1. The highest BCUT2D eigenvalue weighted by Crippen LogP contribution is 2.41. The summed E-state index contributed by atoms with van der Waals surface area (Å²) in [4.78, 5) is 87.3. The number of rotatable bonds is 22. The zero-order chi connectivity index (χ0) is 55.1. The number of H-pyrrole nitrogens is 1. The minimum atomic E-state index is -0.889. The Bertz CT molecular complexity index is 3070. The second kappa shape index (κ2) is 24.7. The van der Waals surface area contributed by atoms with E-state index in [1.54, 1.807) is 47.0 Å². The molecule has 78 heavy (non-hydrogen) atoms. The highest BCUT2D eigenvalue weighted by molar-refractivity contribution is 7.13. The van der Waals surface area contributed by atoms with Crippen molar-refractivity contribution in [2.24, 2.45) is 5.41 Å². The van der Waals surface area contributed by atoms with Crippen molar-refractivity contribution in [2.75, 3.05) is 51.1 Å². The van der Waals surface area contributed by atoms with E-state index < -0.39 is 29.4 Å². The van der Waals surface area contributed by atoms with Crippen LogP contribution in [0.5, 0.6) is 0 Å². The molecule has 5 amide bonds. The van der Waals surface area contributed by atoms with Gasteiger partial charge in [-0.3, -0.25) is 38.4 Å². The van der Waals surface area contributed by atoms with Crippen LogP contribution in [-0.4, -0.2) is 143 Å². The SMILES string of the molecule is Cc1ncsc1-c1ccc([C@H](C)NC(=O)[C@@H]2C[C@@H](O)CN2C(=O)[C@@H](NC(=O)CCCCCCCCNC(=O)CN2CCN(C(=O)c3ccc(Nc4nc(C5CC5)cn5c(-c6cn[nH]c6)cnc45)c(F)c3)CC2)C(C)(C)C)cc1. The first-order valence-corrected chi connectivity index (χ1v) is 28.2. The van der Waals surface area contributed by atoms with Gasteiger partial charge in [-0.05, 0) is 74.3 Å². The number of β-amino-alcohol motifs (C(OH)–C–C–N with tert-alkyl or cyclic N) is 1. The van der Waals surface area contributed by atoms with Crippen LogP contribution in [0, 0.1) is 18.2 Å². The molecule has 2 saturated heterocycles. The van der Waals surface area contributed by atoms with Gasteiger partial charge in [0.25, 0.3) is 5.91 Å². The standard InChI is InChI=1S/C57H72FN13O6S/c1-35(37-13-17-39(18-14-37)50-36(2)61-34-78-50)64-54(75)46-27-42(72)31-71(46)56(77)51(57(3,4)5)67-48(73)12-10-8-6-7-9-11-21-59-49(74)33-68-22-24-69(25-23-68)55(76)40-19-20-44(43(58)26-40)65-52-53-60-30-47(41-28-62-63-29-41)70(53)32-45(66-52)38-15-16-38/h13-14,17-20,26,28-30,32,34-35,38,42,46,51,72H,6-12,15-16,21-25,27,31,33H2,1-5H3,(H,59,74)(H,62,63)(H,64,75)(H,65,66)(H,67,73)/t35-,42+,46-,51+/m0/s1. The van der Waals surface area contributed by atoms with Gasteiger partial charge in [0.15, 0.2) is 11.5 Å². The highest BCUT2D eigenvalue weighted by Gasteiger charge is 2.45. The predicted molar refractivity (Wildman–Crippen MR) is 296 cm³/mol. The lowest BCUT2D eigenvalue weighted by Gasteiger charge is -2.35. The molecule has 414 valence electrons. The number of benzene rings is 2. The van der Waals surface area contributed by atoms with E-state index in [4.69, 9.17) is 4.98 Å². The minimum Gasteiger partial charge on any atom is -0.391 e. The first-order chi connectivity index (χ1) is 37.5. The van der Waals surface area contributed by atoms with Crippen molar-refractivity contribution in [3.8, 4) is 21.7 Å². The second-order valence-corrected chi connectivity index (χ2v) is 23.0. The number of nitrogens with zero attached hydrogens (tertiary/aromatic N) is 8. The molecule has 3 fully saturated rings. The number of aliphatic hydroxyl groups excluding tert-OH is 1. The Morgan fingerprint density at radius 3 is 2.32 bits per heavy atom. The van der Waals surface area contributed by atoms with Gasteiger partial charge in [0.1, 0.15) is 17.9 Å². The fourth-order valence-corrected chi connectivity index (χ4v) is 11.1. The zero-order valence-corrected chi connectivity index (χ0v) is 46.0. The Kier molecular flexibility index (Phi) is 17.6. The van der Waals surface area contributed by atoms with Crippen LogP contribution in [0.2, 0.25) is 0 Å². The van der Waals surface area contributed by atoms with Crippen LogP contribution in [-0.2, 0) is 19.2 Å². The second-order valence-electron chi connectivity index (χ2n) is 22.1. The number of amides is 5. The summed E-state index contributed by atoms with van der Waals surface area (Å²) in [7, 11) is 0. The summed E-state index contributed by atoms with van der Waals surface area (Å²) in [6, 6.07) is 10.3. The molecule has 2 aromatic carbocycles. The van der Waals surface area contributed by atoms with E-state index in [2.05, 4.69) is 41.4 Å². The number of aryl methyl sites for hydroxylation is 1. The normalized spacial score (nSPS) is 17.7. The number of carbonyl (C=O) groups excluding carboxylic acids is 5. The van der Waals surface area contributed by atoms with Crippen molar-refractivity contribution in [3.05, 3.63) is 101 Å². The first kappa shape index (κ1) is 55.6. The Morgan fingerprint density at radius 1 is 0.897 bits per heavy atom. The third kappa shape index (κ3) is 13.6. The zero-order valence-electron chi connectivity index (χ0n) is 45.2. The summed E-state index contributed by atoms with van der Waals surface area (Å²) in [5, 5.41) is 29.7. The van der Waals surface area contributed by atoms with Gasteiger partial charge in [0.2, 0.25) is 23.6 Å². The van der Waals surface area contributed by atoms with Crippen LogP contribution >= 0.6 is 11.3 Å². The topological polar surface area (TPSA) is 235 Å². The molecule has 0 spiro atoms. The molecule has 1 saturated carbocycles. The van der Waals surface area contributed by atoms with Gasteiger partial charge in [-0.2, -0.15) is 5.10 Å². The quantitative estimate of drug-likeness (QED) is 0.0368. The van der Waals surface area contributed by atoms with Crippen LogP contribution in [0.25, 0.3) is 27.3 Å². The molecule has 6 N–H and O–H groups in total. The maximum Gasteiger partial charge on any atom is 0.254 e. The summed E-state index contributed by atoms with van der Waals surface area (Å²) >= 11 is 1.58. The molecule has 19 nitrogen and oxygen atoms in total. The number of fused-ring (bicyclic) bond motifs is 1. The molecular formula is C57H72FN13O6S. The van der Waals surface area contributed by atoms with E-state index in [1.165, 1.54) is 11.0 Å². The average Bonchev–Trinajstić information content (AvgIpc) is 3.79. The molecule has 4 atom stereocenters. The van der Waals surface area contributed by atoms with Crippen molar-refractivity contribution in [2.45, 2.75) is 129 Å². The highest BCUT2D eigenvalue weighted by atomic mass is 32.1. The molecule has 0 radical (unpaired) electrons. The first-order valence-electron chi connectivity index (χ1n) is 27.3. The third-order valence-electron chi connectivity index (χ3n) is 15.0. The van der Waals surface area contributed by atoms with Crippen molar-refractivity contribution in [1.82, 2.24) is 60.2 Å². The number of aromatic amines is 1. The van der Waals surface area contributed by atoms with Crippen molar-refractivity contribution in [1.29, 1.82) is 0 Å². The number of imidazole rings is 1. The van der Waals surface area contributed by atoms with Crippen LogP contribution in [0.3, 0.4) is 0 Å². The van der Waals surface area contributed by atoms with Crippen molar-refractivity contribution in [3.63, 3.8) is 0 Å². The average molecular weight is 1090 g/mol. The van der Waals surface area contributed by atoms with E-state index in [9.17, 15) is 29.1 Å². The predicted octanol–water partition coefficient (Wildman–Crippen LogP) is 7.29. The van der Waals surface area contributed by atoms with Crippen molar-refractivity contribution < 1.29 is 33.5 Å². The fraction of sp³-hybridized carbons (Fsp3) is 0.491. The molecule has 6 aromatic rings. The lowest BCUT2D eigenvalue weighted by Crippen LogP contribution is -2.57. The number of hydrogen-bond donors (Lipinski definition) is 6. The van der Waals surface area contributed by atoms with Crippen LogP contribution in [0.4, 0.5) is 15.9 Å². The molecule has 4 aromatic heterocycles. The smallest absolute Gasteiger partial charge is 0.254 e. The Labute approximate surface area is 458 Å². The van der Waals surface area contributed by atoms with Gasteiger partial charge in [0, 0.05) is 81.5 Å². The summed E-state index contributed by atoms with van der Waals surface area (Å²) in [5.41, 5.74) is 7.66. The molecule has 1 aliphatic carbocycles. The van der Waals surface area contributed by atoms with Crippen molar-refractivity contribution >= 4 is 58.0 Å². The van der Waals surface area contributed by atoms with Gasteiger partial charge in [-0.1, -0.05) is 70.7 Å². The Hall–Kier alpha value is -7.10. The number of anilines is 2. The van der Waals surface area contributed by atoms with E-state index in [-0.39, 0.29) is 72.8 Å². The molecule has 9 rings (SSSR count). The molecule has 3 aliphatic rings. The third-order valence-corrected chi connectivity index (χ3v) is 16.0. The summed E-state index contributed by atoms with van der Waals surface area (Å²) in [6.45, 7) is 12.1. The summed E-state index contributed by atoms with van der Waals surface area (Å²) in [5.74, 6) is -1.14. The lowest BCUT2D eigenvalue weighted by atomic mass is 9.85.